The molecule has 0 saturated heterocycles. The summed E-state index contributed by atoms with van der Waals surface area (Å²) in [7, 11) is 3.31. The lowest BCUT2D eigenvalue weighted by Gasteiger charge is -2.23. The molecule has 5 heteroatoms. The number of benzene rings is 1. The van der Waals surface area contributed by atoms with E-state index in [1.807, 2.05) is 24.0 Å². The van der Waals surface area contributed by atoms with Crippen molar-refractivity contribution in [3.05, 3.63) is 29.6 Å². The van der Waals surface area contributed by atoms with E-state index in [-0.39, 0.29) is 5.82 Å². The third-order valence-electron chi connectivity index (χ3n) is 3.11. The Morgan fingerprint density at radius 1 is 1.20 bits per heavy atom. The molecule has 0 saturated carbocycles. The smallest absolute Gasteiger partial charge is 0.146 e. The lowest BCUT2D eigenvalue weighted by atomic mass is 10.1. The zero-order valence-electron chi connectivity index (χ0n) is 12.6. The summed E-state index contributed by atoms with van der Waals surface area (Å²) in [6.07, 6.45) is 0. The van der Waals surface area contributed by atoms with E-state index in [0.717, 1.165) is 18.7 Å². The van der Waals surface area contributed by atoms with Crippen LogP contribution in [0.5, 0.6) is 0 Å². The molecule has 0 bridgehead atoms. The average molecular weight is 284 g/mol. The Balaban J connectivity index is 2.61. The summed E-state index contributed by atoms with van der Waals surface area (Å²) in [5.74, 6) is -0.186. The maximum atomic E-state index is 14.2. The van der Waals surface area contributed by atoms with Gasteiger partial charge in [-0.15, -0.1) is 0 Å². The number of methoxy groups -OCH3 is 2. The molecular weight excluding hydrogens is 259 g/mol. The van der Waals surface area contributed by atoms with Gasteiger partial charge in [0.15, 0.2) is 0 Å². The van der Waals surface area contributed by atoms with Crippen molar-refractivity contribution < 1.29 is 13.9 Å². The van der Waals surface area contributed by atoms with Crippen LogP contribution in [0.4, 0.5) is 10.1 Å². The van der Waals surface area contributed by atoms with Gasteiger partial charge in [0.25, 0.3) is 0 Å². The highest BCUT2D eigenvalue weighted by molar-refractivity contribution is 5.49. The molecule has 0 heterocycles. The normalized spacial score (nSPS) is 10.8. The Morgan fingerprint density at radius 3 is 2.55 bits per heavy atom. The van der Waals surface area contributed by atoms with E-state index in [1.54, 1.807) is 20.3 Å². The molecule has 1 aromatic carbocycles. The van der Waals surface area contributed by atoms with Crippen LogP contribution in [0.2, 0.25) is 0 Å². The van der Waals surface area contributed by atoms with Gasteiger partial charge in [0.05, 0.1) is 18.9 Å². The summed E-state index contributed by atoms with van der Waals surface area (Å²) in [6, 6.07) is 5.38. The summed E-state index contributed by atoms with van der Waals surface area (Å²) in [6.45, 7) is 6.10. The molecule has 114 valence electrons. The minimum Gasteiger partial charge on any atom is -0.383 e. The van der Waals surface area contributed by atoms with Crippen LogP contribution in [0.15, 0.2) is 18.2 Å². The second-order valence-corrected chi connectivity index (χ2v) is 4.53. The van der Waals surface area contributed by atoms with E-state index >= 15 is 0 Å². The summed E-state index contributed by atoms with van der Waals surface area (Å²) in [5.41, 5.74) is 1.57. The predicted octanol–water partition coefficient (Wildman–Crippen LogP) is 2.03. The molecular formula is C15H25FN2O2. The molecule has 1 aromatic rings. The van der Waals surface area contributed by atoms with Crippen molar-refractivity contribution in [3.8, 4) is 0 Å². The molecule has 20 heavy (non-hydrogen) atoms. The Labute approximate surface area is 120 Å². The van der Waals surface area contributed by atoms with Gasteiger partial charge in [0, 0.05) is 40.4 Å². The first-order valence-electron chi connectivity index (χ1n) is 6.94. The molecule has 4 nitrogen and oxygen atoms in total. The fourth-order valence-electron chi connectivity index (χ4n) is 1.97. The van der Waals surface area contributed by atoms with Crippen molar-refractivity contribution >= 4 is 5.69 Å². The lowest BCUT2D eigenvalue weighted by molar-refractivity contribution is 0.199. The minimum atomic E-state index is -0.186. The summed E-state index contributed by atoms with van der Waals surface area (Å²) in [4.78, 5) is 1.97. The van der Waals surface area contributed by atoms with Gasteiger partial charge in [0.2, 0.25) is 0 Å². The van der Waals surface area contributed by atoms with Gasteiger partial charge in [0.1, 0.15) is 5.82 Å². The molecule has 0 fully saturated rings. The van der Waals surface area contributed by atoms with E-state index in [1.165, 1.54) is 0 Å². The zero-order valence-corrected chi connectivity index (χ0v) is 12.6. The number of rotatable bonds is 10. The van der Waals surface area contributed by atoms with Gasteiger partial charge in [-0.3, -0.25) is 0 Å². The summed E-state index contributed by atoms with van der Waals surface area (Å²) >= 11 is 0. The van der Waals surface area contributed by atoms with E-state index in [9.17, 15) is 4.39 Å². The van der Waals surface area contributed by atoms with Gasteiger partial charge in [-0.05, 0) is 24.6 Å². The molecule has 0 spiro atoms. The Bertz CT molecular complexity index is 388. The van der Waals surface area contributed by atoms with Gasteiger partial charge in [-0.25, -0.2) is 4.39 Å². The highest BCUT2D eigenvalue weighted by Gasteiger charge is 2.10. The highest BCUT2D eigenvalue weighted by atomic mass is 19.1. The highest BCUT2D eigenvalue weighted by Crippen LogP contribution is 2.20. The second kappa shape index (κ2) is 9.69. The van der Waals surface area contributed by atoms with Crippen LogP contribution >= 0.6 is 0 Å². The monoisotopic (exact) mass is 284 g/mol. The molecule has 0 aliphatic rings. The summed E-state index contributed by atoms with van der Waals surface area (Å²) < 4.78 is 24.2. The fourth-order valence-corrected chi connectivity index (χ4v) is 1.97. The predicted molar refractivity (Wildman–Crippen MR) is 79.7 cm³/mol. The molecule has 0 aliphatic carbocycles. The third kappa shape index (κ3) is 5.45. The van der Waals surface area contributed by atoms with Gasteiger partial charge in [-0.1, -0.05) is 6.07 Å². The van der Waals surface area contributed by atoms with Crippen LogP contribution in [0, 0.1) is 5.82 Å². The van der Waals surface area contributed by atoms with Crippen molar-refractivity contribution in [1.82, 2.24) is 5.32 Å². The standard InChI is InChI=1S/C15H25FN2O2/c1-4-18(8-10-20-3)15-6-5-13(11-14(15)16)12-17-7-9-19-2/h5-6,11,17H,4,7-10,12H2,1-3H3. The first-order chi connectivity index (χ1) is 9.72. The molecule has 0 aromatic heterocycles. The van der Waals surface area contributed by atoms with Gasteiger partial charge >= 0.3 is 0 Å². The maximum Gasteiger partial charge on any atom is 0.146 e. The number of nitrogens with zero attached hydrogens (tertiary/aromatic N) is 1. The minimum absolute atomic E-state index is 0.186. The number of halogens is 1. The quantitative estimate of drug-likeness (QED) is 0.667. The number of hydrogen-bond donors (Lipinski definition) is 1. The molecule has 0 amide bonds. The van der Waals surface area contributed by atoms with Gasteiger partial charge in [-0.2, -0.15) is 0 Å². The number of nitrogens with one attached hydrogen (secondary N) is 1. The van der Waals surface area contributed by atoms with Crippen LogP contribution in [0.25, 0.3) is 0 Å². The van der Waals surface area contributed by atoms with Crippen molar-refractivity contribution in [3.63, 3.8) is 0 Å². The first kappa shape index (κ1) is 16.9. The second-order valence-electron chi connectivity index (χ2n) is 4.53. The fraction of sp³-hybridized carbons (Fsp3) is 0.600. The molecule has 1 rings (SSSR count). The van der Waals surface area contributed by atoms with Crippen molar-refractivity contribution in [2.45, 2.75) is 13.5 Å². The first-order valence-corrected chi connectivity index (χ1v) is 6.94. The van der Waals surface area contributed by atoms with E-state index in [0.29, 0.717) is 32.0 Å². The number of likely N-dealkylation sites (N-methyl/N-ethyl adjacent to an activating group) is 1. The molecule has 0 aliphatic heterocycles. The lowest BCUT2D eigenvalue weighted by Crippen LogP contribution is -2.27. The van der Waals surface area contributed by atoms with Crippen LogP contribution in [-0.2, 0) is 16.0 Å². The van der Waals surface area contributed by atoms with Gasteiger partial charge < -0.3 is 19.7 Å². The molecule has 1 N–H and O–H groups in total. The maximum absolute atomic E-state index is 14.2. The van der Waals surface area contributed by atoms with Crippen molar-refractivity contribution in [1.29, 1.82) is 0 Å². The SMILES string of the molecule is CCN(CCOC)c1ccc(CNCCOC)cc1F. The van der Waals surface area contributed by atoms with E-state index < -0.39 is 0 Å². The van der Waals surface area contributed by atoms with Crippen LogP contribution in [0.1, 0.15) is 12.5 Å². The van der Waals surface area contributed by atoms with Crippen molar-refractivity contribution in [2.24, 2.45) is 0 Å². The Hall–Kier alpha value is -1.17. The Kier molecular flexibility index (Phi) is 8.18. The van der Waals surface area contributed by atoms with E-state index in [2.05, 4.69) is 5.32 Å². The van der Waals surface area contributed by atoms with Crippen LogP contribution < -0.4 is 10.2 Å². The molecule has 0 unspecified atom stereocenters. The van der Waals surface area contributed by atoms with Crippen molar-refractivity contribution in [2.75, 3.05) is 52.0 Å². The largest absolute Gasteiger partial charge is 0.383 e. The number of ether oxygens (including phenoxy) is 2. The molecule has 0 atom stereocenters. The number of anilines is 1. The Morgan fingerprint density at radius 2 is 1.95 bits per heavy atom. The third-order valence-corrected chi connectivity index (χ3v) is 3.11. The molecule has 0 radical (unpaired) electrons. The topological polar surface area (TPSA) is 33.7 Å². The van der Waals surface area contributed by atoms with Crippen LogP contribution in [0.3, 0.4) is 0 Å². The summed E-state index contributed by atoms with van der Waals surface area (Å²) in [5, 5.41) is 3.20. The van der Waals surface area contributed by atoms with E-state index in [4.69, 9.17) is 9.47 Å². The average Bonchev–Trinajstić information content (AvgIpc) is 2.46. The zero-order chi connectivity index (χ0) is 14.8. The van der Waals surface area contributed by atoms with Crippen LogP contribution in [-0.4, -0.2) is 47.1 Å². The number of hydrogen-bond acceptors (Lipinski definition) is 4.